The van der Waals surface area contributed by atoms with Crippen molar-refractivity contribution in [3.8, 4) is 17.2 Å². The summed E-state index contributed by atoms with van der Waals surface area (Å²) in [4.78, 5) is 40.6. The number of fused-ring (bicyclic) bond motifs is 1. The van der Waals surface area contributed by atoms with Gasteiger partial charge in [0.2, 0.25) is 5.89 Å². The SMILES string of the molecule is COc1ccc(-c2nc(CN3C(=O)c4ccc([N+](=O)[O-])cc4C3=O)co2)cc1. The molecule has 0 bridgehead atoms. The Balaban J connectivity index is 1.56. The van der Waals surface area contributed by atoms with Crippen LogP contribution in [0.2, 0.25) is 0 Å². The Kier molecular flexibility index (Phi) is 4.11. The molecular formula is C19H13N3O6. The number of nitrogens with zero attached hydrogens (tertiary/aromatic N) is 3. The van der Waals surface area contributed by atoms with E-state index >= 15 is 0 Å². The molecule has 1 aromatic heterocycles. The molecule has 140 valence electrons. The topological polar surface area (TPSA) is 116 Å². The van der Waals surface area contributed by atoms with Crippen molar-refractivity contribution >= 4 is 17.5 Å². The maximum atomic E-state index is 12.5. The average molecular weight is 379 g/mol. The number of oxazole rings is 1. The molecule has 0 aliphatic carbocycles. The van der Waals surface area contributed by atoms with Crippen LogP contribution in [0, 0.1) is 10.1 Å². The molecule has 1 aliphatic heterocycles. The lowest BCUT2D eigenvalue weighted by Gasteiger charge is -2.11. The number of nitro groups is 1. The highest BCUT2D eigenvalue weighted by molar-refractivity contribution is 6.21. The molecular weight excluding hydrogens is 366 g/mol. The molecule has 0 N–H and O–H groups in total. The van der Waals surface area contributed by atoms with Gasteiger partial charge in [0.1, 0.15) is 12.0 Å². The monoisotopic (exact) mass is 379 g/mol. The third-order valence-electron chi connectivity index (χ3n) is 4.37. The Hall–Kier alpha value is -4.01. The van der Waals surface area contributed by atoms with Crippen LogP contribution < -0.4 is 4.74 Å². The predicted octanol–water partition coefficient (Wildman–Crippen LogP) is 3.05. The first-order valence-corrected chi connectivity index (χ1v) is 8.21. The minimum atomic E-state index is -0.612. The van der Waals surface area contributed by atoms with Crippen LogP contribution in [-0.4, -0.2) is 33.7 Å². The van der Waals surface area contributed by atoms with E-state index in [0.717, 1.165) is 11.0 Å². The van der Waals surface area contributed by atoms with Crippen molar-refractivity contribution in [1.82, 2.24) is 9.88 Å². The highest BCUT2D eigenvalue weighted by Gasteiger charge is 2.37. The summed E-state index contributed by atoms with van der Waals surface area (Å²) in [6.07, 6.45) is 1.37. The zero-order valence-electron chi connectivity index (χ0n) is 14.6. The quantitative estimate of drug-likeness (QED) is 0.380. The Bertz CT molecular complexity index is 1100. The van der Waals surface area contributed by atoms with Gasteiger partial charge in [0.15, 0.2) is 0 Å². The van der Waals surface area contributed by atoms with Gasteiger partial charge < -0.3 is 9.15 Å². The fraction of sp³-hybridized carbons (Fsp3) is 0.105. The normalized spacial score (nSPS) is 13.0. The van der Waals surface area contributed by atoms with Gasteiger partial charge in [-0.1, -0.05) is 0 Å². The van der Waals surface area contributed by atoms with Crippen molar-refractivity contribution in [3.05, 3.63) is 75.7 Å². The largest absolute Gasteiger partial charge is 0.497 e. The first kappa shape index (κ1) is 17.4. The van der Waals surface area contributed by atoms with Crippen molar-refractivity contribution in [2.75, 3.05) is 7.11 Å². The van der Waals surface area contributed by atoms with Crippen molar-refractivity contribution in [1.29, 1.82) is 0 Å². The van der Waals surface area contributed by atoms with Crippen LogP contribution in [0.4, 0.5) is 5.69 Å². The highest BCUT2D eigenvalue weighted by atomic mass is 16.6. The highest BCUT2D eigenvalue weighted by Crippen LogP contribution is 2.28. The number of non-ortho nitro benzene ring substituents is 1. The maximum absolute atomic E-state index is 12.5. The first-order chi connectivity index (χ1) is 13.5. The molecule has 3 aromatic rings. The first-order valence-electron chi connectivity index (χ1n) is 8.21. The van der Waals surface area contributed by atoms with E-state index in [2.05, 4.69) is 4.98 Å². The third kappa shape index (κ3) is 2.88. The summed E-state index contributed by atoms with van der Waals surface area (Å²) in [7, 11) is 1.56. The number of amides is 2. The minimum Gasteiger partial charge on any atom is -0.497 e. The van der Waals surface area contributed by atoms with E-state index in [0.29, 0.717) is 22.9 Å². The van der Waals surface area contributed by atoms with Gasteiger partial charge >= 0.3 is 0 Å². The molecule has 2 amide bonds. The Morgan fingerprint density at radius 3 is 2.50 bits per heavy atom. The van der Waals surface area contributed by atoms with E-state index in [1.165, 1.54) is 18.4 Å². The van der Waals surface area contributed by atoms with Gasteiger partial charge in [0, 0.05) is 17.7 Å². The van der Waals surface area contributed by atoms with Crippen molar-refractivity contribution in [2.45, 2.75) is 6.54 Å². The summed E-state index contributed by atoms with van der Waals surface area (Å²) in [6.45, 7) is -0.0974. The van der Waals surface area contributed by atoms with Gasteiger partial charge in [-0.3, -0.25) is 24.6 Å². The summed E-state index contributed by atoms with van der Waals surface area (Å²) in [5, 5.41) is 10.9. The van der Waals surface area contributed by atoms with E-state index in [9.17, 15) is 19.7 Å². The van der Waals surface area contributed by atoms with Gasteiger partial charge in [-0.05, 0) is 30.3 Å². The summed E-state index contributed by atoms with van der Waals surface area (Å²) in [5.74, 6) is -0.0952. The number of carbonyl (C=O) groups excluding carboxylic acids is 2. The number of imide groups is 1. The standard InChI is InChI=1S/C19H13N3O6/c1-27-14-5-2-11(3-6-14)17-20-12(10-28-17)9-21-18(23)15-7-4-13(22(25)26)8-16(15)19(21)24/h2-8,10H,9H2,1H3. The Morgan fingerprint density at radius 2 is 1.82 bits per heavy atom. The number of aromatic nitrogens is 1. The van der Waals surface area contributed by atoms with Gasteiger partial charge in [-0.15, -0.1) is 0 Å². The second-order valence-electron chi connectivity index (χ2n) is 6.06. The summed E-state index contributed by atoms with van der Waals surface area (Å²) >= 11 is 0. The lowest BCUT2D eigenvalue weighted by Crippen LogP contribution is -2.29. The van der Waals surface area contributed by atoms with Crippen molar-refractivity contribution < 1.29 is 23.7 Å². The molecule has 9 heteroatoms. The smallest absolute Gasteiger partial charge is 0.270 e. The third-order valence-corrected chi connectivity index (χ3v) is 4.37. The number of methoxy groups -OCH3 is 1. The van der Waals surface area contributed by atoms with E-state index in [-0.39, 0.29) is 23.4 Å². The molecule has 0 spiro atoms. The Morgan fingerprint density at radius 1 is 1.11 bits per heavy atom. The molecule has 0 unspecified atom stereocenters. The van der Waals surface area contributed by atoms with Crippen molar-refractivity contribution in [2.24, 2.45) is 0 Å². The van der Waals surface area contributed by atoms with Gasteiger partial charge in [0.05, 0.1) is 35.4 Å². The van der Waals surface area contributed by atoms with Crippen LogP contribution in [-0.2, 0) is 6.54 Å². The van der Waals surface area contributed by atoms with E-state index < -0.39 is 16.7 Å². The number of ether oxygens (including phenoxy) is 1. The zero-order valence-corrected chi connectivity index (χ0v) is 14.6. The number of carbonyl (C=O) groups is 2. The number of nitro benzene ring substituents is 1. The predicted molar refractivity (Wildman–Crippen MR) is 95.8 cm³/mol. The molecule has 4 rings (SSSR count). The Labute approximate surface area is 158 Å². The fourth-order valence-electron chi connectivity index (χ4n) is 2.94. The lowest BCUT2D eigenvalue weighted by molar-refractivity contribution is -0.384. The molecule has 0 saturated heterocycles. The molecule has 2 heterocycles. The van der Waals surface area contributed by atoms with E-state index in [1.807, 2.05) is 0 Å². The number of rotatable bonds is 5. The minimum absolute atomic E-state index is 0.0121. The second-order valence-corrected chi connectivity index (χ2v) is 6.06. The molecule has 28 heavy (non-hydrogen) atoms. The molecule has 0 radical (unpaired) electrons. The van der Waals surface area contributed by atoms with Crippen LogP contribution in [0.15, 0.2) is 53.1 Å². The number of hydrogen-bond acceptors (Lipinski definition) is 7. The molecule has 0 atom stereocenters. The molecule has 0 fully saturated rings. The van der Waals surface area contributed by atoms with Crippen LogP contribution >= 0.6 is 0 Å². The number of benzene rings is 2. The molecule has 9 nitrogen and oxygen atoms in total. The fourth-order valence-corrected chi connectivity index (χ4v) is 2.94. The summed E-state index contributed by atoms with van der Waals surface area (Å²) in [5.41, 5.74) is 0.998. The van der Waals surface area contributed by atoms with Crippen LogP contribution in [0.1, 0.15) is 26.4 Å². The van der Waals surface area contributed by atoms with Crippen LogP contribution in [0.5, 0.6) is 5.75 Å². The van der Waals surface area contributed by atoms with Crippen LogP contribution in [0.25, 0.3) is 11.5 Å². The van der Waals surface area contributed by atoms with Gasteiger partial charge in [0.25, 0.3) is 17.5 Å². The van der Waals surface area contributed by atoms with E-state index in [1.54, 1.807) is 31.4 Å². The van der Waals surface area contributed by atoms with Crippen molar-refractivity contribution in [3.63, 3.8) is 0 Å². The van der Waals surface area contributed by atoms with E-state index in [4.69, 9.17) is 9.15 Å². The zero-order chi connectivity index (χ0) is 19.8. The van der Waals surface area contributed by atoms with Gasteiger partial charge in [-0.25, -0.2) is 4.98 Å². The maximum Gasteiger partial charge on any atom is 0.270 e. The van der Waals surface area contributed by atoms with Gasteiger partial charge in [-0.2, -0.15) is 0 Å². The van der Waals surface area contributed by atoms with Crippen LogP contribution in [0.3, 0.4) is 0 Å². The lowest BCUT2D eigenvalue weighted by atomic mass is 10.1. The summed E-state index contributed by atoms with van der Waals surface area (Å²) < 4.78 is 10.5. The average Bonchev–Trinajstić information content (AvgIpc) is 3.27. The summed E-state index contributed by atoms with van der Waals surface area (Å²) in [6, 6.07) is 10.7. The molecule has 2 aromatic carbocycles. The molecule has 0 saturated carbocycles. The number of hydrogen-bond donors (Lipinski definition) is 0. The molecule has 1 aliphatic rings. The second kappa shape index (κ2) is 6.62.